The summed E-state index contributed by atoms with van der Waals surface area (Å²) in [5.74, 6) is 0.180. The van der Waals surface area contributed by atoms with Crippen molar-refractivity contribution in [2.45, 2.75) is 25.7 Å². The highest BCUT2D eigenvalue weighted by Crippen LogP contribution is 2.29. The first-order valence-electron chi connectivity index (χ1n) is 6.45. The molecule has 2 unspecified atom stereocenters. The lowest BCUT2D eigenvalue weighted by Crippen LogP contribution is -2.29. The van der Waals surface area contributed by atoms with E-state index in [0.29, 0.717) is 5.75 Å². The monoisotopic (exact) mass is 363 g/mol. The summed E-state index contributed by atoms with van der Waals surface area (Å²) in [4.78, 5) is 0. The fraction of sp³-hybridized carbons (Fsp3) is 0.538. The van der Waals surface area contributed by atoms with Gasteiger partial charge in [0.05, 0.1) is 16.0 Å². The van der Waals surface area contributed by atoms with Crippen molar-refractivity contribution in [1.82, 2.24) is 5.32 Å². The third-order valence-electron chi connectivity index (χ3n) is 3.13. The van der Waals surface area contributed by atoms with Crippen molar-refractivity contribution in [1.29, 1.82) is 0 Å². The number of aliphatic hydroxyl groups excluding tert-OH is 1. The molecule has 2 rings (SSSR count). The molecule has 1 aliphatic rings. The van der Waals surface area contributed by atoms with Gasteiger partial charge in [-0.15, -0.1) is 0 Å². The van der Waals surface area contributed by atoms with Crippen molar-refractivity contribution < 1.29 is 18.3 Å². The molecule has 1 saturated heterocycles. The standard InChI is InChI=1S/C13H18BrNO4S/c1-2-15-6-9-3-4-12(10(14)5-9)19-13-8-20(17,18)7-11(13)16/h3-5,11,13,15-16H,2,6-8H2,1H3. The zero-order valence-corrected chi connectivity index (χ0v) is 13.6. The predicted octanol–water partition coefficient (Wildman–Crippen LogP) is 1.10. The van der Waals surface area contributed by atoms with Gasteiger partial charge in [0.15, 0.2) is 9.84 Å². The zero-order chi connectivity index (χ0) is 14.8. The zero-order valence-electron chi connectivity index (χ0n) is 11.2. The second-order valence-electron chi connectivity index (χ2n) is 4.85. The Kier molecular flexibility index (Phi) is 5.06. The molecule has 1 aliphatic heterocycles. The number of hydrogen-bond donors (Lipinski definition) is 2. The second-order valence-corrected chi connectivity index (χ2v) is 7.85. The Bertz CT molecular complexity index is 576. The van der Waals surface area contributed by atoms with E-state index in [-0.39, 0.29) is 11.5 Å². The number of nitrogens with one attached hydrogen (secondary N) is 1. The predicted molar refractivity (Wildman–Crippen MR) is 80.6 cm³/mol. The fourth-order valence-electron chi connectivity index (χ4n) is 2.09. The summed E-state index contributed by atoms with van der Waals surface area (Å²) >= 11 is 3.41. The third-order valence-corrected chi connectivity index (χ3v) is 5.43. The first kappa shape index (κ1) is 15.8. The maximum absolute atomic E-state index is 11.4. The average Bonchev–Trinajstić information content (AvgIpc) is 2.62. The Labute approximate surface area is 127 Å². The molecule has 7 heteroatoms. The molecule has 0 saturated carbocycles. The molecule has 1 aromatic rings. The molecule has 0 aliphatic carbocycles. The average molecular weight is 364 g/mol. The first-order valence-corrected chi connectivity index (χ1v) is 9.07. The van der Waals surface area contributed by atoms with E-state index in [0.717, 1.165) is 23.1 Å². The van der Waals surface area contributed by atoms with Gasteiger partial charge in [-0.25, -0.2) is 8.42 Å². The summed E-state index contributed by atoms with van der Waals surface area (Å²) in [6, 6.07) is 5.63. The van der Waals surface area contributed by atoms with Crippen LogP contribution < -0.4 is 10.1 Å². The lowest BCUT2D eigenvalue weighted by Gasteiger charge is -2.17. The summed E-state index contributed by atoms with van der Waals surface area (Å²) < 4.78 is 29.2. The van der Waals surface area contributed by atoms with Crippen LogP contribution in [-0.2, 0) is 16.4 Å². The van der Waals surface area contributed by atoms with E-state index >= 15 is 0 Å². The third kappa shape index (κ3) is 3.94. The minimum absolute atomic E-state index is 0.139. The summed E-state index contributed by atoms with van der Waals surface area (Å²) in [5.41, 5.74) is 1.10. The summed E-state index contributed by atoms with van der Waals surface area (Å²) in [6.45, 7) is 3.69. The van der Waals surface area contributed by atoms with E-state index in [1.165, 1.54) is 0 Å². The normalized spacial score (nSPS) is 24.8. The SMILES string of the molecule is CCNCc1ccc(OC2CS(=O)(=O)CC2O)c(Br)c1. The van der Waals surface area contributed by atoms with Gasteiger partial charge in [-0.1, -0.05) is 13.0 Å². The molecule has 5 nitrogen and oxygen atoms in total. The van der Waals surface area contributed by atoms with Crippen LogP contribution in [0.5, 0.6) is 5.75 Å². The molecule has 0 amide bonds. The van der Waals surface area contributed by atoms with Crippen molar-refractivity contribution in [2.24, 2.45) is 0 Å². The summed E-state index contributed by atoms with van der Waals surface area (Å²) in [7, 11) is -3.20. The van der Waals surface area contributed by atoms with Gasteiger partial charge in [-0.3, -0.25) is 0 Å². The van der Waals surface area contributed by atoms with Gasteiger partial charge >= 0.3 is 0 Å². The minimum Gasteiger partial charge on any atom is -0.485 e. The Morgan fingerprint density at radius 3 is 2.75 bits per heavy atom. The van der Waals surface area contributed by atoms with Crippen LogP contribution in [0.4, 0.5) is 0 Å². The van der Waals surface area contributed by atoms with Crippen LogP contribution in [0.3, 0.4) is 0 Å². The molecule has 20 heavy (non-hydrogen) atoms. The molecule has 1 aromatic carbocycles. The molecule has 2 atom stereocenters. The molecular formula is C13H18BrNO4S. The number of ether oxygens (including phenoxy) is 1. The highest BCUT2D eigenvalue weighted by molar-refractivity contribution is 9.10. The quantitative estimate of drug-likeness (QED) is 0.818. The Morgan fingerprint density at radius 1 is 1.45 bits per heavy atom. The topological polar surface area (TPSA) is 75.6 Å². The van der Waals surface area contributed by atoms with Crippen LogP contribution in [0.2, 0.25) is 0 Å². The molecule has 0 radical (unpaired) electrons. The summed E-state index contributed by atoms with van der Waals surface area (Å²) in [6.07, 6.45) is -1.66. The number of rotatable bonds is 5. The molecule has 0 aromatic heterocycles. The highest BCUT2D eigenvalue weighted by atomic mass is 79.9. The van der Waals surface area contributed by atoms with E-state index in [1.54, 1.807) is 6.07 Å². The Morgan fingerprint density at radius 2 is 2.20 bits per heavy atom. The van der Waals surface area contributed by atoms with Gasteiger partial charge in [0, 0.05) is 6.54 Å². The van der Waals surface area contributed by atoms with Gasteiger partial charge in [0.25, 0.3) is 0 Å². The molecule has 112 valence electrons. The fourth-order valence-corrected chi connectivity index (χ4v) is 4.27. The van der Waals surface area contributed by atoms with Gasteiger partial charge in [-0.05, 0) is 40.2 Å². The van der Waals surface area contributed by atoms with Crippen LogP contribution in [0.1, 0.15) is 12.5 Å². The van der Waals surface area contributed by atoms with Crippen LogP contribution >= 0.6 is 15.9 Å². The van der Waals surface area contributed by atoms with Crippen molar-refractivity contribution in [3.05, 3.63) is 28.2 Å². The minimum atomic E-state index is -3.20. The number of aliphatic hydroxyl groups is 1. The largest absolute Gasteiger partial charge is 0.485 e. The van der Waals surface area contributed by atoms with Crippen molar-refractivity contribution in [3.8, 4) is 5.75 Å². The van der Waals surface area contributed by atoms with Crippen molar-refractivity contribution >= 4 is 25.8 Å². The smallest absolute Gasteiger partial charge is 0.156 e. The molecule has 1 fully saturated rings. The molecule has 0 bridgehead atoms. The lowest BCUT2D eigenvalue weighted by molar-refractivity contribution is 0.0733. The van der Waals surface area contributed by atoms with Crippen LogP contribution in [0.25, 0.3) is 0 Å². The molecule has 0 spiro atoms. The maximum atomic E-state index is 11.4. The summed E-state index contributed by atoms with van der Waals surface area (Å²) in [5, 5.41) is 12.9. The van der Waals surface area contributed by atoms with E-state index in [2.05, 4.69) is 21.2 Å². The maximum Gasteiger partial charge on any atom is 0.156 e. The van der Waals surface area contributed by atoms with Crippen molar-refractivity contribution in [2.75, 3.05) is 18.1 Å². The molecular weight excluding hydrogens is 346 g/mol. The van der Waals surface area contributed by atoms with Crippen LogP contribution in [0, 0.1) is 0 Å². The van der Waals surface area contributed by atoms with E-state index in [4.69, 9.17) is 4.74 Å². The number of halogens is 1. The van der Waals surface area contributed by atoms with E-state index in [9.17, 15) is 13.5 Å². The van der Waals surface area contributed by atoms with Gasteiger partial charge in [-0.2, -0.15) is 0 Å². The van der Waals surface area contributed by atoms with Crippen LogP contribution in [-0.4, -0.2) is 43.8 Å². The first-order chi connectivity index (χ1) is 9.41. The molecule has 2 N–H and O–H groups in total. The van der Waals surface area contributed by atoms with Gasteiger partial charge in [0.2, 0.25) is 0 Å². The lowest BCUT2D eigenvalue weighted by atomic mass is 10.2. The van der Waals surface area contributed by atoms with E-state index < -0.39 is 22.0 Å². The molecule has 1 heterocycles. The van der Waals surface area contributed by atoms with Gasteiger partial charge in [0.1, 0.15) is 18.0 Å². The van der Waals surface area contributed by atoms with Crippen LogP contribution in [0.15, 0.2) is 22.7 Å². The number of hydrogen-bond acceptors (Lipinski definition) is 5. The van der Waals surface area contributed by atoms with E-state index in [1.807, 2.05) is 19.1 Å². The second kappa shape index (κ2) is 6.43. The number of sulfone groups is 1. The Hall–Kier alpha value is -0.630. The number of benzene rings is 1. The highest BCUT2D eigenvalue weighted by Gasteiger charge is 2.38. The van der Waals surface area contributed by atoms with Crippen molar-refractivity contribution in [3.63, 3.8) is 0 Å². The Balaban J connectivity index is 2.07. The van der Waals surface area contributed by atoms with Gasteiger partial charge < -0.3 is 15.2 Å².